The van der Waals surface area contributed by atoms with Gasteiger partial charge in [-0.3, -0.25) is 4.79 Å². The molecular weight excluding hydrogens is 260 g/mol. The molecule has 1 saturated heterocycles. The van der Waals surface area contributed by atoms with E-state index in [0.717, 1.165) is 37.9 Å². The van der Waals surface area contributed by atoms with Gasteiger partial charge in [0.05, 0.1) is 18.5 Å². The van der Waals surface area contributed by atoms with Gasteiger partial charge in [0, 0.05) is 13.1 Å². The van der Waals surface area contributed by atoms with Gasteiger partial charge >= 0.3 is 0 Å². The molecule has 0 radical (unpaired) electrons. The number of aliphatic imine (C=N–C) groups is 1. The Morgan fingerprint density at radius 1 is 1.26 bits per heavy atom. The van der Waals surface area contributed by atoms with Gasteiger partial charge in [-0.05, 0) is 12.0 Å². The third kappa shape index (κ3) is 2.98. The average molecular weight is 276 g/mol. The van der Waals surface area contributed by atoms with Gasteiger partial charge in [-0.25, -0.2) is 0 Å². The lowest BCUT2D eigenvalue weighted by Gasteiger charge is -2.27. The van der Waals surface area contributed by atoms with Gasteiger partial charge in [0.25, 0.3) is 5.91 Å². The summed E-state index contributed by atoms with van der Waals surface area (Å²) in [6, 6.07) is 10.1. The topological polar surface area (TPSA) is 41.9 Å². The number of morpholine rings is 1. The fourth-order valence-electron chi connectivity index (χ4n) is 2.23. The average Bonchev–Trinajstić information content (AvgIpc) is 2.82. The van der Waals surface area contributed by atoms with Crippen LogP contribution in [-0.2, 0) is 16.0 Å². The third-order valence-corrected chi connectivity index (χ3v) is 4.49. The van der Waals surface area contributed by atoms with E-state index >= 15 is 0 Å². The van der Waals surface area contributed by atoms with E-state index in [1.807, 2.05) is 18.2 Å². The lowest BCUT2D eigenvalue weighted by Crippen LogP contribution is -2.39. The number of amides is 1. The summed E-state index contributed by atoms with van der Waals surface area (Å²) in [4.78, 5) is 18.3. The van der Waals surface area contributed by atoms with Crippen LogP contribution in [0.5, 0.6) is 0 Å². The van der Waals surface area contributed by atoms with Crippen LogP contribution in [0.3, 0.4) is 0 Å². The van der Waals surface area contributed by atoms with Crippen molar-refractivity contribution in [1.82, 2.24) is 4.90 Å². The first-order valence-electron chi connectivity index (χ1n) is 6.49. The largest absolute Gasteiger partial charge is 0.378 e. The van der Waals surface area contributed by atoms with Gasteiger partial charge in [-0.15, -0.1) is 0 Å². The van der Waals surface area contributed by atoms with Crippen molar-refractivity contribution in [2.45, 2.75) is 11.7 Å². The number of carbonyl (C=O) groups excluding carboxylic acids is 1. The first-order valence-corrected chi connectivity index (χ1v) is 7.37. The number of amidine groups is 1. The molecular formula is C14H16N2O2S. The molecule has 1 aromatic rings. The van der Waals surface area contributed by atoms with Crippen LogP contribution in [0.2, 0.25) is 0 Å². The summed E-state index contributed by atoms with van der Waals surface area (Å²) in [7, 11) is 0. The molecule has 19 heavy (non-hydrogen) atoms. The maximum Gasteiger partial charge on any atom is 0.262 e. The molecule has 1 fully saturated rings. The van der Waals surface area contributed by atoms with Gasteiger partial charge in [0.15, 0.2) is 5.17 Å². The second-order valence-electron chi connectivity index (χ2n) is 4.63. The highest BCUT2D eigenvalue weighted by atomic mass is 32.2. The molecule has 100 valence electrons. The molecule has 5 heteroatoms. The van der Waals surface area contributed by atoms with Gasteiger partial charge in [0.1, 0.15) is 0 Å². The fraction of sp³-hybridized carbons (Fsp3) is 0.429. The zero-order chi connectivity index (χ0) is 13.1. The summed E-state index contributed by atoms with van der Waals surface area (Å²) in [5.74, 6) is -0.00431. The number of ether oxygens (including phenoxy) is 1. The number of carbonyl (C=O) groups is 1. The van der Waals surface area contributed by atoms with Crippen molar-refractivity contribution < 1.29 is 9.53 Å². The number of rotatable bonds is 2. The minimum atomic E-state index is -0.0692. The predicted molar refractivity (Wildman–Crippen MR) is 76.4 cm³/mol. The first kappa shape index (κ1) is 12.7. The highest BCUT2D eigenvalue weighted by molar-refractivity contribution is 8.15. The maximum absolute atomic E-state index is 12.0. The second-order valence-corrected chi connectivity index (χ2v) is 5.80. The normalized spacial score (nSPS) is 23.6. The molecule has 4 nitrogen and oxygen atoms in total. The Hall–Kier alpha value is -1.33. The summed E-state index contributed by atoms with van der Waals surface area (Å²) >= 11 is 1.59. The van der Waals surface area contributed by atoms with Crippen molar-refractivity contribution in [3.63, 3.8) is 0 Å². The number of thioether (sulfide) groups is 1. The van der Waals surface area contributed by atoms with E-state index in [1.165, 1.54) is 5.56 Å². The van der Waals surface area contributed by atoms with Gasteiger partial charge in [0.2, 0.25) is 0 Å². The molecule has 2 aliphatic rings. The third-order valence-electron chi connectivity index (χ3n) is 3.27. The van der Waals surface area contributed by atoms with E-state index in [9.17, 15) is 4.79 Å². The Labute approximate surface area is 116 Å². The second kappa shape index (κ2) is 5.75. The smallest absolute Gasteiger partial charge is 0.262 e. The molecule has 0 bridgehead atoms. The molecule has 1 aromatic carbocycles. The minimum Gasteiger partial charge on any atom is -0.378 e. The molecule has 1 atom stereocenters. The lowest BCUT2D eigenvalue weighted by molar-refractivity contribution is -0.117. The predicted octanol–water partition coefficient (Wildman–Crippen LogP) is 1.56. The van der Waals surface area contributed by atoms with E-state index in [4.69, 9.17) is 4.74 Å². The number of benzene rings is 1. The highest BCUT2D eigenvalue weighted by Gasteiger charge is 2.31. The number of nitrogens with zero attached hydrogens (tertiary/aromatic N) is 2. The van der Waals surface area contributed by atoms with Crippen LogP contribution < -0.4 is 0 Å². The Bertz CT molecular complexity index is 483. The Morgan fingerprint density at radius 3 is 2.74 bits per heavy atom. The number of hydrogen-bond donors (Lipinski definition) is 0. The first-order chi connectivity index (χ1) is 9.33. The fourth-order valence-corrected chi connectivity index (χ4v) is 3.39. The van der Waals surface area contributed by atoms with Crippen molar-refractivity contribution in [3.8, 4) is 0 Å². The van der Waals surface area contributed by atoms with Crippen LogP contribution >= 0.6 is 11.8 Å². The molecule has 0 aromatic heterocycles. The SMILES string of the molecule is O=C1N=C(N2CCOCC2)S[C@@H]1Cc1ccccc1. The molecule has 2 heterocycles. The summed E-state index contributed by atoms with van der Waals surface area (Å²) in [5, 5.41) is 0.800. The Morgan fingerprint density at radius 2 is 2.00 bits per heavy atom. The van der Waals surface area contributed by atoms with E-state index < -0.39 is 0 Å². The van der Waals surface area contributed by atoms with Crippen LogP contribution in [-0.4, -0.2) is 47.5 Å². The quantitative estimate of drug-likeness (QED) is 0.822. The van der Waals surface area contributed by atoms with Crippen molar-refractivity contribution in [3.05, 3.63) is 35.9 Å². The van der Waals surface area contributed by atoms with E-state index in [1.54, 1.807) is 11.8 Å². The number of hydrogen-bond acceptors (Lipinski definition) is 4. The van der Waals surface area contributed by atoms with Crippen molar-refractivity contribution in [2.24, 2.45) is 4.99 Å². The monoisotopic (exact) mass is 276 g/mol. The zero-order valence-electron chi connectivity index (χ0n) is 10.6. The molecule has 2 aliphatic heterocycles. The van der Waals surface area contributed by atoms with Gasteiger partial charge in [-0.1, -0.05) is 42.1 Å². The van der Waals surface area contributed by atoms with Crippen LogP contribution in [0.15, 0.2) is 35.3 Å². The van der Waals surface area contributed by atoms with Crippen LogP contribution in [0.1, 0.15) is 5.56 Å². The van der Waals surface area contributed by atoms with Gasteiger partial charge in [-0.2, -0.15) is 4.99 Å². The minimum absolute atomic E-state index is 0.00431. The Kier molecular flexibility index (Phi) is 3.84. The van der Waals surface area contributed by atoms with E-state index in [2.05, 4.69) is 22.0 Å². The maximum atomic E-state index is 12.0. The molecule has 0 spiro atoms. The van der Waals surface area contributed by atoms with Crippen LogP contribution in [0.4, 0.5) is 0 Å². The van der Waals surface area contributed by atoms with Crippen molar-refractivity contribution in [2.75, 3.05) is 26.3 Å². The molecule has 0 N–H and O–H groups in total. The summed E-state index contributed by atoms with van der Waals surface area (Å²) in [6.07, 6.45) is 0.752. The highest BCUT2D eigenvalue weighted by Crippen LogP contribution is 2.27. The van der Waals surface area contributed by atoms with Crippen molar-refractivity contribution in [1.29, 1.82) is 0 Å². The molecule has 0 unspecified atom stereocenters. The molecule has 0 saturated carbocycles. The molecule has 0 aliphatic carbocycles. The summed E-state index contributed by atoms with van der Waals surface area (Å²) in [5.41, 5.74) is 1.19. The lowest BCUT2D eigenvalue weighted by atomic mass is 10.1. The van der Waals surface area contributed by atoms with E-state index in [-0.39, 0.29) is 11.2 Å². The van der Waals surface area contributed by atoms with Crippen LogP contribution in [0.25, 0.3) is 0 Å². The zero-order valence-corrected chi connectivity index (χ0v) is 11.4. The van der Waals surface area contributed by atoms with E-state index in [0.29, 0.717) is 0 Å². The standard InChI is InChI=1S/C14H16N2O2S/c17-13-12(10-11-4-2-1-3-5-11)19-14(15-13)16-6-8-18-9-7-16/h1-5,12H,6-10H2/t12-/m1/s1. The Balaban J connectivity index is 1.63. The molecule has 3 rings (SSSR count). The summed E-state index contributed by atoms with van der Waals surface area (Å²) in [6.45, 7) is 3.10. The van der Waals surface area contributed by atoms with Crippen LogP contribution in [0, 0.1) is 0 Å². The summed E-state index contributed by atoms with van der Waals surface area (Å²) < 4.78 is 5.32. The van der Waals surface area contributed by atoms with Crippen molar-refractivity contribution >= 4 is 22.8 Å². The molecule has 1 amide bonds. The van der Waals surface area contributed by atoms with Gasteiger partial charge < -0.3 is 9.64 Å².